The number of halogens is 1. The largest absolute Gasteiger partial charge is 0.388 e. The second-order valence-electron chi connectivity index (χ2n) is 4.20. The van der Waals surface area contributed by atoms with E-state index in [1.807, 2.05) is 38.4 Å². The fourth-order valence-electron chi connectivity index (χ4n) is 1.90. The maximum absolute atomic E-state index is 10.2. The molecule has 2 aromatic rings. The summed E-state index contributed by atoms with van der Waals surface area (Å²) in [6.45, 7) is 1.92. The molecule has 0 radical (unpaired) electrons. The first-order valence-corrected chi connectivity index (χ1v) is 5.86. The van der Waals surface area contributed by atoms with Gasteiger partial charge in [0.15, 0.2) is 0 Å². The highest BCUT2D eigenvalue weighted by molar-refractivity contribution is 6.31. The Morgan fingerprint density at radius 1 is 1.47 bits per heavy atom. The van der Waals surface area contributed by atoms with E-state index in [1.54, 1.807) is 10.9 Å². The van der Waals surface area contributed by atoms with Crippen LogP contribution in [0.25, 0.3) is 0 Å². The van der Waals surface area contributed by atoms with Crippen LogP contribution in [0.15, 0.2) is 30.6 Å². The van der Waals surface area contributed by atoms with Crippen LogP contribution in [0.5, 0.6) is 0 Å². The summed E-state index contributed by atoms with van der Waals surface area (Å²) in [4.78, 5) is 0. The molecule has 0 aliphatic heterocycles. The molecule has 1 aromatic heterocycles. The zero-order valence-corrected chi connectivity index (χ0v) is 10.6. The van der Waals surface area contributed by atoms with Crippen molar-refractivity contribution in [2.75, 3.05) is 0 Å². The topological polar surface area (TPSA) is 38.1 Å². The number of nitrogens with zero attached hydrogens (tertiary/aromatic N) is 2. The smallest absolute Gasteiger partial charge is 0.0834 e. The van der Waals surface area contributed by atoms with Crippen molar-refractivity contribution in [3.8, 4) is 0 Å². The van der Waals surface area contributed by atoms with Gasteiger partial charge in [-0.25, -0.2) is 0 Å². The minimum atomic E-state index is -0.544. The summed E-state index contributed by atoms with van der Waals surface area (Å²) in [5.41, 5.74) is 2.83. The molecule has 1 unspecified atom stereocenters. The van der Waals surface area contributed by atoms with E-state index in [0.29, 0.717) is 11.4 Å². The Balaban J connectivity index is 2.20. The molecular formula is C13H15ClN2O. The summed E-state index contributed by atoms with van der Waals surface area (Å²) in [5, 5.41) is 15.0. The minimum absolute atomic E-state index is 0.544. The van der Waals surface area contributed by atoms with E-state index in [2.05, 4.69) is 5.10 Å². The number of benzene rings is 1. The molecule has 2 rings (SSSR count). The van der Waals surface area contributed by atoms with E-state index in [0.717, 1.165) is 16.7 Å². The third-order valence-electron chi connectivity index (χ3n) is 2.86. The predicted octanol–water partition coefficient (Wildman–Crippen LogP) is 2.66. The van der Waals surface area contributed by atoms with Crippen LogP contribution in [-0.2, 0) is 13.5 Å². The molecular weight excluding hydrogens is 236 g/mol. The Morgan fingerprint density at radius 3 is 2.88 bits per heavy atom. The molecule has 0 saturated heterocycles. The van der Waals surface area contributed by atoms with Crippen LogP contribution in [0.2, 0.25) is 5.02 Å². The molecule has 4 heteroatoms. The molecule has 3 nitrogen and oxygen atoms in total. The molecule has 1 N–H and O–H groups in total. The lowest BCUT2D eigenvalue weighted by molar-refractivity contribution is 0.177. The van der Waals surface area contributed by atoms with Crippen molar-refractivity contribution in [2.45, 2.75) is 19.4 Å². The fraction of sp³-hybridized carbons (Fsp3) is 0.308. The van der Waals surface area contributed by atoms with Crippen molar-refractivity contribution in [3.05, 3.63) is 52.3 Å². The van der Waals surface area contributed by atoms with Crippen molar-refractivity contribution < 1.29 is 5.11 Å². The molecule has 0 amide bonds. The zero-order chi connectivity index (χ0) is 12.4. The molecule has 1 atom stereocenters. The quantitative estimate of drug-likeness (QED) is 0.910. The summed E-state index contributed by atoms with van der Waals surface area (Å²) in [7, 11) is 1.86. The van der Waals surface area contributed by atoms with E-state index in [4.69, 9.17) is 11.6 Å². The van der Waals surface area contributed by atoms with Gasteiger partial charge in [-0.15, -0.1) is 0 Å². The summed E-state index contributed by atoms with van der Waals surface area (Å²) < 4.78 is 1.73. The van der Waals surface area contributed by atoms with Gasteiger partial charge in [0.25, 0.3) is 0 Å². The Kier molecular flexibility index (Phi) is 3.50. The molecule has 0 aliphatic rings. The van der Waals surface area contributed by atoms with Gasteiger partial charge < -0.3 is 5.11 Å². The lowest BCUT2D eigenvalue weighted by Gasteiger charge is -2.13. The SMILES string of the molecule is Cc1c(Cl)cccc1C(O)Cc1cnn(C)c1. The highest BCUT2D eigenvalue weighted by atomic mass is 35.5. The molecule has 1 heterocycles. The van der Waals surface area contributed by atoms with Gasteiger partial charge >= 0.3 is 0 Å². The summed E-state index contributed by atoms with van der Waals surface area (Å²) in [6, 6.07) is 5.59. The first-order chi connectivity index (χ1) is 8.08. The van der Waals surface area contributed by atoms with Gasteiger partial charge in [0.05, 0.1) is 12.3 Å². The van der Waals surface area contributed by atoms with E-state index in [9.17, 15) is 5.11 Å². The van der Waals surface area contributed by atoms with Crippen molar-refractivity contribution in [2.24, 2.45) is 7.05 Å². The summed E-state index contributed by atoms with van der Waals surface area (Å²) in [6.07, 6.45) is 3.68. The molecule has 90 valence electrons. The molecule has 0 fully saturated rings. The number of hydrogen-bond acceptors (Lipinski definition) is 2. The molecule has 0 spiro atoms. The van der Waals surface area contributed by atoms with Crippen LogP contribution in [0.4, 0.5) is 0 Å². The lowest BCUT2D eigenvalue weighted by atomic mass is 9.99. The zero-order valence-electron chi connectivity index (χ0n) is 9.89. The van der Waals surface area contributed by atoms with Crippen molar-refractivity contribution in [1.29, 1.82) is 0 Å². The second kappa shape index (κ2) is 4.90. The van der Waals surface area contributed by atoms with Gasteiger partial charge in [0, 0.05) is 24.7 Å². The Bertz CT molecular complexity index is 522. The normalized spacial score (nSPS) is 12.7. The first kappa shape index (κ1) is 12.1. The Labute approximate surface area is 106 Å². The van der Waals surface area contributed by atoms with Crippen LogP contribution < -0.4 is 0 Å². The van der Waals surface area contributed by atoms with Crippen molar-refractivity contribution >= 4 is 11.6 Å². The van der Waals surface area contributed by atoms with Crippen molar-refractivity contribution in [3.63, 3.8) is 0 Å². The number of hydrogen-bond donors (Lipinski definition) is 1. The maximum Gasteiger partial charge on any atom is 0.0834 e. The Morgan fingerprint density at radius 2 is 2.24 bits per heavy atom. The maximum atomic E-state index is 10.2. The van der Waals surface area contributed by atoms with Crippen LogP contribution in [-0.4, -0.2) is 14.9 Å². The number of rotatable bonds is 3. The van der Waals surface area contributed by atoms with E-state index >= 15 is 0 Å². The average Bonchev–Trinajstić information content (AvgIpc) is 2.68. The third kappa shape index (κ3) is 2.68. The van der Waals surface area contributed by atoms with Gasteiger partial charge in [0.1, 0.15) is 0 Å². The number of aromatic nitrogens is 2. The van der Waals surface area contributed by atoms with Gasteiger partial charge in [-0.3, -0.25) is 4.68 Å². The fourth-order valence-corrected chi connectivity index (χ4v) is 2.08. The number of aliphatic hydroxyl groups is 1. The average molecular weight is 251 g/mol. The van der Waals surface area contributed by atoms with Gasteiger partial charge in [-0.2, -0.15) is 5.10 Å². The van der Waals surface area contributed by atoms with Crippen LogP contribution in [0.1, 0.15) is 22.8 Å². The molecule has 0 saturated carbocycles. The highest BCUT2D eigenvalue weighted by Crippen LogP contribution is 2.26. The molecule has 0 aliphatic carbocycles. The van der Waals surface area contributed by atoms with Crippen molar-refractivity contribution in [1.82, 2.24) is 9.78 Å². The number of aryl methyl sites for hydroxylation is 1. The van der Waals surface area contributed by atoms with E-state index in [-0.39, 0.29) is 0 Å². The second-order valence-corrected chi connectivity index (χ2v) is 4.60. The highest BCUT2D eigenvalue weighted by Gasteiger charge is 2.13. The van der Waals surface area contributed by atoms with Gasteiger partial charge in [0.2, 0.25) is 0 Å². The van der Waals surface area contributed by atoms with E-state index in [1.165, 1.54) is 0 Å². The van der Waals surface area contributed by atoms with Gasteiger partial charge in [-0.1, -0.05) is 23.7 Å². The molecule has 0 bridgehead atoms. The monoisotopic (exact) mass is 250 g/mol. The minimum Gasteiger partial charge on any atom is -0.388 e. The summed E-state index contributed by atoms with van der Waals surface area (Å²) >= 11 is 6.04. The molecule has 1 aromatic carbocycles. The molecule has 17 heavy (non-hydrogen) atoms. The first-order valence-electron chi connectivity index (χ1n) is 5.48. The Hall–Kier alpha value is -1.32. The van der Waals surface area contributed by atoms with Crippen LogP contribution in [0.3, 0.4) is 0 Å². The predicted molar refractivity (Wildman–Crippen MR) is 68.1 cm³/mol. The lowest BCUT2D eigenvalue weighted by Crippen LogP contribution is -2.03. The standard InChI is InChI=1S/C13H15ClN2O/c1-9-11(4-3-5-12(9)14)13(17)6-10-7-15-16(2)8-10/h3-5,7-8,13,17H,6H2,1-2H3. The van der Waals surface area contributed by atoms with Crippen LogP contribution in [0, 0.1) is 6.92 Å². The third-order valence-corrected chi connectivity index (χ3v) is 3.27. The number of aliphatic hydroxyl groups excluding tert-OH is 1. The summed E-state index contributed by atoms with van der Waals surface area (Å²) in [5.74, 6) is 0. The van der Waals surface area contributed by atoms with Gasteiger partial charge in [-0.05, 0) is 29.7 Å². The van der Waals surface area contributed by atoms with Crippen LogP contribution >= 0.6 is 11.6 Å². The van der Waals surface area contributed by atoms with E-state index < -0.39 is 6.10 Å².